The first kappa shape index (κ1) is 17.1. The van der Waals surface area contributed by atoms with Crippen LogP contribution in [0.5, 0.6) is 5.75 Å². The summed E-state index contributed by atoms with van der Waals surface area (Å²) in [5.41, 5.74) is 3.02. The molecule has 0 saturated heterocycles. The average molecular weight is 449 g/mol. The molecule has 2 rings (SSSR count). The van der Waals surface area contributed by atoms with Gasteiger partial charge in [0.2, 0.25) is 0 Å². The zero-order chi connectivity index (χ0) is 15.9. The fourth-order valence-corrected chi connectivity index (χ4v) is 2.31. The molecule has 0 aliphatic carbocycles. The van der Waals surface area contributed by atoms with Crippen molar-refractivity contribution in [1.82, 2.24) is 5.43 Å². The van der Waals surface area contributed by atoms with Crippen LogP contribution in [0.3, 0.4) is 0 Å². The second kappa shape index (κ2) is 8.36. The van der Waals surface area contributed by atoms with E-state index in [2.05, 4.69) is 33.1 Å². The topological polar surface area (TPSA) is 50.7 Å². The molecule has 7 heteroatoms. The molecule has 0 radical (unpaired) electrons. The van der Waals surface area contributed by atoms with E-state index in [0.29, 0.717) is 21.4 Å². The first-order valence-electron chi connectivity index (χ1n) is 6.20. The molecule has 4 nitrogen and oxygen atoms in total. The Morgan fingerprint density at radius 1 is 1.23 bits per heavy atom. The molecule has 0 heterocycles. The fourth-order valence-electron chi connectivity index (χ4n) is 1.49. The lowest BCUT2D eigenvalue weighted by molar-refractivity contribution is -0.123. The van der Waals surface area contributed by atoms with Crippen molar-refractivity contribution >= 4 is 57.9 Å². The van der Waals surface area contributed by atoms with Gasteiger partial charge in [-0.05, 0) is 59.0 Å². The summed E-state index contributed by atoms with van der Waals surface area (Å²) < 4.78 is 6.43. The Kier molecular flexibility index (Phi) is 6.48. The van der Waals surface area contributed by atoms with E-state index in [1.165, 1.54) is 6.21 Å². The minimum Gasteiger partial charge on any atom is -0.484 e. The number of carbonyl (C=O) groups excluding carboxylic acids is 1. The number of amides is 1. The van der Waals surface area contributed by atoms with Crippen molar-refractivity contribution in [2.75, 3.05) is 6.61 Å². The molecular formula is C15H11Cl2IN2O2. The third kappa shape index (κ3) is 5.47. The van der Waals surface area contributed by atoms with Crippen molar-refractivity contribution in [3.05, 3.63) is 61.6 Å². The smallest absolute Gasteiger partial charge is 0.277 e. The van der Waals surface area contributed by atoms with Crippen LogP contribution in [0, 0.1) is 3.57 Å². The van der Waals surface area contributed by atoms with Gasteiger partial charge in [-0.3, -0.25) is 4.79 Å². The largest absolute Gasteiger partial charge is 0.484 e. The average Bonchev–Trinajstić information content (AvgIpc) is 2.49. The molecule has 1 amide bonds. The fraction of sp³-hybridized carbons (Fsp3) is 0.0667. The van der Waals surface area contributed by atoms with Gasteiger partial charge in [0.05, 0.1) is 11.2 Å². The summed E-state index contributed by atoms with van der Waals surface area (Å²) in [6, 6.07) is 12.4. The number of hydrogen-bond acceptors (Lipinski definition) is 3. The first-order valence-corrected chi connectivity index (χ1v) is 8.03. The second-order valence-corrected chi connectivity index (χ2v) is 6.29. The number of rotatable bonds is 5. The molecule has 0 fully saturated rings. The summed E-state index contributed by atoms with van der Waals surface area (Å²) in [6.45, 7) is -0.119. The highest BCUT2D eigenvalue weighted by Gasteiger charge is 2.02. The van der Waals surface area contributed by atoms with Gasteiger partial charge < -0.3 is 4.74 Å². The molecule has 0 aliphatic heterocycles. The molecule has 1 N–H and O–H groups in total. The zero-order valence-electron chi connectivity index (χ0n) is 11.2. The lowest BCUT2D eigenvalue weighted by atomic mass is 10.2. The van der Waals surface area contributed by atoms with E-state index in [1.54, 1.807) is 30.3 Å². The Labute approximate surface area is 151 Å². The number of halogens is 3. The lowest BCUT2D eigenvalue weighted by Gasteiger charge is -2.05. The van der Waals surface area contributed by atoms with Gasteiger partial charge in [0.1, 0.15) is 5.75 Å². The lowest BCUT2D eigenvalue weighted by Crippen LogP contribution is -2.24. The van der Waals surface area contributed by atoms with Crippen molar-refractivity contribution in [1.29, 1.82) is 0 Å². The molecule has 0 bridgehead atoms. The van der Waals surface area contributed by atoms with Gasteiger partial charge in [-0.15, -0.1) is 0 Å². The maximum atomic E-state index is 11.6. The van der Waals surface area contributed by atoms with Crippen LogP contribution in [0.2, 0.25) is 10.0 Å². The SMILES string of the molecule is O=C(COc1ccc(I)cc1)NN=Cc1ccc(Cl)cc1Cl. The van der Waals surface area contributed by atoms with E-state index < -0.39 is 0 Å². The van der Waals surface area contributed by atoms with Crippen molar-refractivity contribution in [2.45, 2.75) is 0 Å². The molecule has 0 unspecified atom stereocenters. The van der Waals surface area contributed by atoms with Gasteiger partial charge in [-0.2, -0.15) is 5.10 Å². The van der Waals surface area contributed by atoms with Crippen molar-refractivity contribution in [3.63, 3.8) is 0 Å². The standard InChI is InChI=1S/C15H11Cl2IN2O2/c16-11-2-1-10(14(17)7-11)8-19-20-15(21)9-22-13-5-3-12(18)4-6-13/h1-8H,9H2,(H,20,21). The van der Waals surface area contributed by atoms with E-state index in [-0.39, 0.29) is 12.5 Å². The number of hydrazone groups is 1. The molecule has 22 heavy (non-hydrogen) atoms. The number of hydrogen-bond donors (Lipinski definition) is 1. The Morgan fingerprint density at radius 3 is 2.64 bits per heavy atom. The van der Waals surface area contributed by atoms with Crippen LogP contribution in [0.25, 0.3) is 0 Å². The summed E-state index contributed by atoms with van der Waals surface area (Å²) in [7, 11) is 0. The molecule has 2 aromatic carbocycles. The predicted octanol–water partition coefficient (Wildman–Crippen LogP) is 4.13. The van der Waals surface area contributed by atoms with E-state index in [0.717, 1.165) is 3.57 Å². The van der Waals surface area contributed by atoms with Crippen LogP contribution in [0.1, 0.15) is 5.56 Å². The quantitative estimate of drug-likeness (QED) is 0.424. The molecule has 0 saturated carbocycles. The monoisotopic (exact) mass is 448 g/mol. The molecule has 0 spiro atoms. The Bertz CT molecular complexity index is 690. The number of carbonyl (C=O) groups is 1. The van der Waals surface area contributed by atoms with Crippen molar-refractivity contribution < 1.29 is 9.53 Å². The Hall–Kier alpha value is -1.31. The number of ether oxygens (including phenoxy) is 1. The van der Waals surface area contributed by atoms with Crippen LogP contribution >= 0.6 is 45.8 Å². The summed E-state index contributed by atoms with van der Waals surface area (Å²) in [6.07, 6.45) is 1.45. The first-order chi connectivity index (χ1) is 10.5. The molecule has 0 aliphatic rings. The summed E-state index contributed by atoms with van der Waals surface area (Å²) >= 11 is 14.0. The van der Waals surface area contributed by atoms with Crippen molar-refractivity contribution in [3.8, 4) is 5.75 Å². The normalized spacial score (nSPS) is 10.7. The van der Waals surface area contributed by atoms with Crippen LogP contribution in [-0.4, -0.2) is 18.7 Å². The zero-order valence-corrected chi connectivity index (χ0v) is 14.9. The van der Waals surface area contributed by atoms with Crippen LogP contribution in [0.15, 0.2) is 47.6 Å². The maximum absolute atomic E-state index is 11.6. The number of benzene rings is 2. The molecule has 0 atom stereocenters. The molecule has 0 aromatic heterocycles. The van der Waals surface area contributed by atoms with Crippen LogP contribution in [-0.2, 0) is 4.79 Å². The van der Waals surface area contributed by atoms with Gasteiger partial charge in [0.15, 0.2) is 6.61 Å². The third-order valence-electron chi connectivity index (χ3n) is 2.54. The van der Waals surface area contributed by atoms with Crippen molar-refractivity contribution in [2.24, 2.45) is 5.10 Å². The van der Waals surface area contributed by atoms with Gasteiger partial charge in [0, 0.05) is 14.2 Å². The van der Waals surface area contributed by atoms with E-state index in [4.69, 9.17) is 27.9 Å². The Balaban J connectivity index is 1.82. The summed E-state index contributed by atoms with van der Waals surface area (Å²) in [5.74, 6) is 0.264. The molecule has 2 aromatic rings. The molecule has 114 valence electrons. The number of nitrogens with zero attached hydrogens (tertiary/aromatic N) is 1. The van der Waals surface area contributed by atoms with Gasteiger partial charge in [-0.1, -0.05) is 29.3 Å². The van der Waals surface area contributed by atoms with Crippen LogP contribution in [0.4, 0.5) is 0 Å². The van der Waals surface area contributed by atoms with Gasteiger partial charge in [0.25, 0.3) is 5.91 Å². The highest BCUT2D eigenvalue weighted by molar-refractivity contribution is 14.1. The highest BCUT2D eigenvalue weighted by atomic mass is 127. The molecular weight excluding hydrogens is 438 g/mol. The van der Waals surface area contributed by atoms with E-state index in [9.17, 15) is 4.79 Å². The van der Waals surface area contributed by atoms with Crippen LogP contribution < -0.4 is 10.2 Å². The predicted molar refractivity (Wildman–Crippen MR) is 96.9 cm³/mol. The highest BCUT2D eigenvalue weighted by Crippen LogP contribution is 2.19. The van der Waals surface area contributed by atoms with E-state index >= 15 is 0 Å². The summed E-state index contributed by atoms with van der Waals surface area (Å²) in [5, 5.41) is 4.82. The van der Waals surface area contributed by atoms with Gasteiger partial charge >= 0.3 is 0 Å². The third-order valence-corrected chi connectivity index (χ3v) is 3.82. The minimum absolute atomic E-state index is 0.119. The maximum Gasteiger partial charge on any atom is 0.277 e. The summed E-state index contributed by atoms with van der Waals surface area (Å²) in [4.78, 5) is 11.6. The Morgan fingerprint density at radius 2 is 1.95 bits per heavy atom. The van der Waals surface area contributed by atoms with E-state index in [1.807, 2.05) is 12.1 Å². The van der Waals surface area contributed by atoms with Gasteiger partial charge in [-0.25, -0.2) is 5.43 Å². The number of nitrogens with one attached hydrogen (secondary N) is 1. The minimum atomic E-state index is -0.361. The second-order valence-electron chi connectivity index (χ2n) is 4.20.